The van der Waals surface area contributed by atoms with Crippen molar-refractivity contribution in [3.05, 3.63) is 40.3 Å². The van der Waals surface area contributed by atoms with Crippen molar-refractivity contribution in [2.24, 2.45) is 11.0 Å². The Hall–Kier alpha value is -2.80. The Labute approximate surface area is 151 Å². The number of ether oxygens (including phenoxy) is 2. The summed E-state index contributed by atoms with van der Waals surface area (Å²) in [4.78, 5) is 27.0. The molecule has 0 aliphatic rings. The molecule has 8 nitrogen and oxygen atoms in total. The molecule has 1 amide bonds. The second-order valence-electron chi connectivity index (χ2n) is 5.86. The van der Waals surface area contributed by atoms with Gasteiger partial charge in [-0.05, 0) is 29.1 Å². The normalized spacial score (nSPS) is 12.7. The van der Waals surface area contributed by atoms with Crippen LogP contribution in [0.2, 0.25) is 0 Å². The smallest absolute Gasteiger partial charge is 0.328 e. The Balaban J connectivity index is 2.85. The zero-order valence-electron chi connectivity index (χ0n) is 15.0. The predicted octanol–water partition coefficient (Wildman–Crippen LogP) is 2.57. The van der Waals surface area contributed by atoms with Gasteiger partial charge in [0.05, 0.1) is 7.11 Å². The van der Waals surface area contributed by atoms with Crippen molar-refractivity contribution < 1.29 is 23.5 Å². The maximum absolute atomic E-state index is 12.3. The van der Waals surface area contributed by atoms with Crippen LogP contribution in [0.4, 0.5) is 4.39 Å². The van der Waals surface area contributed by atoms with Gasteiger partial charge in [0.2, 0.25) is 5.91 Å². The van der Waals surface area contributed by atoms with Crippen LogP contribution in [0, 0.1) is 5.92 Å². The fourth-order valence-electron chi connectivity index (χ4n) is 2.25. The molecule has 2 atom stereocenters. The summed E-state index contributed by atoms with van der Waals surface area (Å²) in [5.74, 6) is -0.875. The van der Waals surface area contributed by atoms with Crippen LogP contribution in [0.5, 0.6) is 5.75 Å². The van der Waals surface area contributed by atoms with Crippen molar-refractivity contribution in [3.8, 4) is 5.75 Å². The maximum Gasteiger partial charge on any atom is 0.328 e. The lowest BCUT2D eigenvalue weighted by molar-refractivity contribution is -0.145. The van der Waals surface area contributed by atoms with E-state index in [1.165, 1.54) is 7.11 Å². The first-order valence-electron chi connectivity index (χ1n) is 8.13. The minimum atomic E-state index is -0.930. The van der Waals surface area contributed by atoms with Crippen LogP contribution in [0.1, 0.15) is 19.4 Å². The molecule has 0 aliphatic carbocycles. The van der Waals surface area contributed by atoms with Crippen LogP contribution < -0.4 is 10.1 Å². The number of amides is 1. The summed E-state index contributed by atoms with van der Waals surface area (Å²) >= 11 is 0. The van der Waals surface area contributed by atoms with Crippen molar-refractivity contribution in [3.63, 3.8) is 0 Å². The van der Waals surface area contributed by atoms with E-state index in [0.29, 0.717) is 5.75 Å². The minimum Gasteiger partial charge on any atom is -0.491 e. The number of halogens is 1. The number of hydrogen-bond acceptors (Lipinski definition) is 5. The fraction of sp³-hybridized carbons (Fsp3) is 0.529. The number of nitrogens with one attached hydrogen (secondary N) is 1. The Bertz CT molecular complexity index is 645. The zero-order chi connectivity index (χ0) is 19.5. The lowest BCUT2D eigenvalue weighted by Gasteiger charge is -2.21. The standard InChI is InChI=1S/C17H23FN4O4/c1-11(2)15(21-22-19)16(23)20-14(17(24)25-3)10-12-4-6-13(7-5-12)26-9-8-18/h4-7,11,14-15H,8-10H2,1-3H3,(H,20,23)/t14-,15-/m0/s1. The molecule has 9 heteroatoms. The highest BCUT2D eigenvalue weighted by Crippen LogP contribution is 2.15. The number of rotatable bonds is 10. The molecule has 1 aromatic rings. The van der Waals surface area contributed by atoms with Gasteiger partial charge < -0.3 is 14.8 Å². The van der Waals surface area contributed by atoms with E-state index in [9.17, 15) is 14.0 Å². The van der Waals surface area contributed by atoms with Crippen LogP contribution in [0.25, 0.3) is 10.4 Å². The summed E-state index contributed by atoms with van der Waals surface area (Å²) in [7, 11) is 1.22. The van der Waals surface area contributed by atoms with Gasteiger partial charge in [0, 0.05) is 11.3 Å². The number of alkyl halides is 1. The summed E-state index contributed by atoms with van der Waals surface area (Å²) < 4.78 is 22.0. The molecule has 0 spiro atoms. The molecular weight excluding hydrogens is 343 g/mol. The number of nitrogens with zero attached hydrogens (tertiary/aromatic N) is 3. The Morgan fingerprint density at radius 1 is 1.31 bits per heavy atom. The zero-order valence-corrected chi connectivity index (χ0v) is 15.0. The highest BCUT2D eigenvalue weighted by molar-refractivity contribution is 5.88. The third-order valence-corrected chi connectivity index (χ3v) is 3.59. The van der Waals surface area contributed by atoms with Crippen molar-refractivity contribution in [2.75, 3.05) is 20.4 Å². The Morgan fingerprint density at radius 3 is 2.46 bits per heavy atom. The van der Waals surface area contributed by atoms with E-state index in [4.69, 9.17) is 15.0 Å². The van der Waals surface area contributed by atoms with E-state index < -0.39 is 30.6 Å². The van der Waals surface area contributed by atoms with E-state index >= 15 is 0 Å². The first-order chi connectivity index (χ1) is 12.4. The van der Waals surface area contributed by atoms with E-state index in [-0.39, 0.29) is 18.9 Å². The number of azide groups is 1. The lowest BCUT2D eigenvalue weighted by Crippen LogP contribution is -2.47. The van der Waals surface area contributed by atoms with E-state index in [0.717, 1.165) is 5.56 Å². The highest BCUT2D eigenvalue weighted by Gasteiger charge is 2.27. The molecule has 26 heavy (non-hydrogen) atoms. The highest BCUT2D eigenvalue weighted by atomic mass is 19.1. The topological polar surface area (TPSA) is 113 Å². The summed E-state index contributed by atoms with van der Waals surface area (Å²) in [6, 6.07) is 4.87. The van der Waals surface area contributed by atoms with Gasteiger partial charge in [-0.2, -0.15) is 0 Å². The molecule has 0 saturated heterocycles. The van der Waals surface area contributed by atoms with Gasteiger partial charge in [0.15, 0.2) is 0 Å². The van der Waals surface area contributed by atoms with Gasteiger partial charge in [-0.25, -0.2) is 9.18 Å². The molecule has 0 saturated carbocycles. The summed E-state index contributed by atoms with van der Waals surface area (Å²) in [6.07, 6.45) is 0.183. The number of benzene rings is 1. The van der Waals surface area contributed by atoms with Crippen molar-refractivity contribution >= 4 is 11.9 Å². The molecule has 0 aliphatic heterocycles. The van der Waals surface area contributed by atoms with Gasteiger partial charge in [-0.15, -0.1) is 0 Å². The first-order valence-corrected chi connectivity index (χ1v) is 8.13. The molecule has 142 valence electrons. The molecule has 0 bridgehead atoms. The van der Waals surface area contributed by atoms with Crippen molar-refractivity contribution in [1.29, 1.82) is 0 Å². The average Bonchev–Trinajstić information content (AvgIpc) is 2.63. The molecular formula is C17H23FN4O4. The third-order valence-electron chi connectivity index (χ3n) is 3.59. The fourth-order valence-corrected chi connectivity index (χ4v) is 2.25. The van der Waals surface area contributed by atoms with Gasteiger partial charge in [0.25, 0.3) is 0 Å². The van der Waals surface area contributed by atoms with Gasteiger partial charge in [-0.1, -0.05) is 31.1 Å². The van der Waals surface area contributed by atoms with E-state index in [2.05, 4.69) is 15.3 Å². The SMILES string of the molecule is COC(=O)[C@H](Cc1ccc(OCCF)cc1)NC(=O)[C@@H](N=[N+]=[N-])C(C)C. The number of hydrogen-bond donors (Lipinski definition) is 1. The molecule has 0 heterocycles. The van der Waals surface area contributed by atoms with Gasteiger partial charge in [-0.3, -0.25) is 4.79 Å². The molecule has 1 aromatic carbocycles. The van der Waals surface area contributed by atoms with Crippen LogP contribution in [0.3, 0.4) is 0 Å². The summed E-state index contributed by atoms with van der Waals surface area (Å²) in [5.41, 5.74) is 9.35. The minimum absolute atomic E-state index is 0.0316. The number of methoxy groups -OCH3 is 1. The number of carbonyl (C=O) groups is 2. The Morgan fingerprint density at radius 2 is 1.96 bits per heavy atom. The molecule has 1 N–H and O–H groups in total. The van der Waals surface area contributed by atoms with Crippen LogP contribution >= 0.6 is 0 Å². The summed E-state index contributed by atoms with van der Waals surface area (Å²) in [6.45, 7) is 2.86. The van der Waals surface area contributed by atoms with E-state index in [1.807, 2.05) is 0 Å². The molecule has 0 radical (unpaired) electrons. The maximum atomic E-state index is 12.3. The van der Waals surface area contributed by atoms with E-state index in [1.54, 1.807) is 38.1 Å². The Kier molecular flexibility index (Phi) is 8.94. The molecule has 0 aromatic heterocycles. The quantitative estimate of drug-likeness (QED) is 0.297. The number of esters is 1. The average molecular weight is 366 g/mol. The third kappa shape index (κ3) is 6.60. The van der Waals surface area contributed by atoms with Crippen LogP contribution in [0.15, 0.2) is 29.4 Å². The predicted molar refractivity (Wildman–Crippen MR) is 93.3 cm³/mol. The second kappa shape index (κ2) is 10.9. The van der Waals surface area contributed by atoms with Gasteiger partial charge >= 0.3 is 5.97 Å². The van der Waals surface area contributed by atoms with Crippen LogP contribution in [-0.2, 0) is 20.7 Å². The molecule has 1 rings (SSSR count). The number of carbonyl (C=O) groups excluding carboxylic acids is 2. The largest absolute Gasteiger partial charge is 0.491 e. The van der Waals surface area contributed by atoms with Crippen molar-refractivity contribution in [2.45, 2.75) is 32.4 Å². The first kappa shape index (κ1) is 21.2. The lowest BCUT2D eigenvalue weighted by atomic mass is 10.0. The summed E-state index contributed by atoms with van der Waals surface area (Å²) in [5, 5.41) is 6.05. The van der Waals surface area contributed by atoms with Crippen LogP contribution in [-0.4, -0.2) is 44.4 Å². The second-order valence-corrected chi connectivity index (χ2v) is 5.86. The van der Waals surface area contributed by atoms with Gasteiger partial charge in [0.1, 0.15) is 31.1 Å². The molecule has 0 fully saturated rings. The molecule has 0 unspecified atom stereocenters. The van der Waals surface area contributed by atoms with Crippen molar-refractivity contribution in [1.82, 2.24) is 5.32 Å². The monoisotopic (exact) mass is 366 g/mol.